The van der Waals surface area contributed by atoms with Crippen LogP contribution in [0.3, 0.4) is 0 Å². The normalized spacial score (nSPS) is 21.1. The fourth-order valence-corrected chi connectivity index (χ4v) is 2.73. The van der Waals surface area contributed by atoms with Gasteiger partial charge in [-0.15, -0.1) is 0 Å². The van der Waals surface area contributed by atoms with Gasteiger partial charge in [0.2, 0.25) is 5.91 Å². The van der Waals surface area contributed by atoms with Crippen molar-refractivity contribution in [1.29, 1.82) is 0 Å². The lowest BCUT2D eigenvalue weighted by Crippen LogP contribution is -2.49. The lowest BCUT2D eigenvalue weighted by atomic mass is 10.0. The maximum atomic E-state index is 12.3. The second-order valence-corrected chi connectivity index (χ2v) is 6.20. The number of aliphatic hydroxyl groups excluding tert-OH is 1. The molecule has 0 bridgehead atoms. The van der Waals surface area contributed by atoms with Crippen LogP contribution in [0.1, 0.15) is 22.5 Å². The zero-order valence-corrected chi connectivity index (χ0v) is 15.1. The van der Waals surface area contributed by atoms with E-state index in [1.54, 1.807) is 42.7 Å². The number of carbonyl (C=O) groups excluding carboxylic acids is 2. The molecule has 0 aromatic carbocycles. The van der Waals surface area contributed by atoms with E-state index in [0.717, 1.165) is 0 Å². The maximum absolute atomic E-state index is 12.3. The zero-order chi connectivity index (χ0) is 19.8. The Morgan fingerprint density at radius 1 is 1.18 bits per heavy atom. The van der Waals surface area contributed by atoms with Crippen molar-refractivity contribution in [2.75, 3.05) is 6.61 Å². The Hall–Kier alpha value is -3.17. The number of nitrogens with one attached hydrogen (secondary N) is 2. The Morgan fingerprint density at radius 3 is 2.79 bits per heavy atom. The van der Waals surface area contributed by atoms with Gasteiger partial charge >= 0.3 is 0 Å². The third-order valence-corrected chi connectivity index (χ3v) is 4.18. The summed E-state index contributed by atoms with van der Waals surface area (Å²) in [6, 6.07) is 4.53. The molecule has 3 atom stereocenters. The minimum atomic E-state index is -0.648. The summed E-state index contributed by atoms with van der Waals surface area (Å²) in [4.78, 5) is 36.1. The fraction of sp³-hybridized carbons (Fsp3) is 0.316. The summed E-state index contributed by atoms with van der Waals surface area (Å²) in [5.41, 5.74) is 1.12. The summed E-state index contributed by atoms with van der Waals surface area (Å²) < 4.78 is 5.75. The van der Waals surface area contributed by atoms with E-state index in [9.17, 15) is 14.7 Å². The highest BCUT2D eigenvalue weighted by molar-refractivity contribution is 5.94. The van der Waals surface area contributed by atoms with Gasteiger partial charge in [-0.05, 0) is 18.2 Å². The average Bonchev–Trinajstić information content (AvgIpc) is 2.74. The van der Waals surface area contributed by atoms with Crippen molar-refractivity contribution in [1.82, 2.24) is 25.6 Å². The molecule has 1 aliphatic rings. The number of rotatable bonds is 7. The average molecular weight is 383 g/mol. The molecule has 3 heterocycles. The fourth-order valence-electron chi connectivity index (χ4n) is 2.73. The lowest BCUT2D eigenvalue weighted by molar-refractivity contribution is -0.125. The molecule has 28 heavy (non-hydrogen) atoms. The molecule has 0 unspecified atom stereocenters. The number of aromatic nitrogens is 3. The Bertz CT molecular complexity index is 816. The highest BCUT2D eigenvalue weighted by Gasteiger charge is 2.29. The molecule has 0 saturated carbocycles. The number of aliphatic hydroxyl groups is 1. The molecule has 146 valence electrons. The molecule has 2 aromatic heterocycles. The highest BCUT2D eigenvalue weighted by atomic mass is 16.5. The van der Waals surface area contributed by atoms with Crippen molar-refractivity contribution < 1.29 is 19.4 Å². The van der Waals surface area contributed by atoms with Gasteiger partial charge in [0, 0.05) is 18.6 Å². The van der Waals surface area contributed by atoms with E-state index in [-0.39, 0.29) is 24.8 Å². The van der Waals surface area contributed by atoms with E-state index in [0.29, 0.717) is 17.8 Å². The predicted molar refractivity (Wildman–Crippen MR) is 98.9 cm³/mol. The van der Waals surface area contributed by atoms with Crippen molar-refractivity contribution in [3.63, 3.8) is 0 Å². The van der Waals surface area contributed by atoms with Crippen LogP contribution in [0.2, 0.25) is 0 Å². The molecule has 3 rings (SSSR count). The van der Waals surface area contributed by atoms with Crippen LogP contribution in [0.15, 0.2) is 55.3 Å². The van der Waals surface area contributed by atoms with Gasteiger partial charge in [0.05, 0.1) is 43.0 Å². The second-order valence-electron chi connectivity index (χ2n) is 6.20. The minimum Gasteiger partial charge on any atom is -0.394 e. The first-order valence-corrected chi connectivity index (χ1v) is 8.83. The van der Waals surface area contributed by atoms with Crippen molar-refractivity contribution in [3.05, 3.63) is 66.5 Å². The molecule has 0 spiro atoms. The number of ether oxygens (including phenoxy) is 1. The SMILES string of the molecule is O=C(C[C@@H]1C=C[C@H](NC(=O)c2cccnc2)[C@@H](CO)O1)NCc1ccncn1. The first-order chi connectivity index (χ1) is 13.7. The lowest BCUT2D eigenvalue weighted by Gasteiger charge is -2.31. The van der Waals surface area contributed by atoms with Crippen LogP contribution in [-0.2, 0) is 16.1 Å². The van der Waals surface area contributed by atoms with Crippen LogP contribution >= 0.6 is 0 Å². The molecule has 0 radical (unpaired) electrons. The smallest absolute Gasteiger partial charge is 0.253 e. The van der Waals surface area contributed by atoms with Crippen LogP contribution in [0.25, 0.3) is 0 Å². The van der Waals surface area contributed by atoms with E-state index in [1.807, 2.05) is 0 Å². The zero-order valence-electron chi connectivity index (χ0n) is 15.1. The quantitative estimate of drug-likeness (QED) is 0.574. The Labute approximate surface area is 161 Å². The van der Waals surface area contributed by atoms with E-state index in [1.165, 1.54) is 12.5 Å². The van der Waals surface area contributed by atoms with E-state index in [2.05, 4.69) is 25.6 Å². The van der Waals surface area contributed by atoms with Crippen molar-refractivity contribution >= 4 is 11.8 Å². The standard InChI is InChI=1S/C19H21N5O4/c25-11-17-16(24-19(27)13-2-1-6-20-9-13)4-3-15(28-17)8-18(26)22-10-14-5-7-21-12-23-14/h1-7,9,12,15-17,25H,8,10-11H2,(H,22,26)(H,24,27)/t15-,16-,17+/m0/s1. The third-order valence-electron chi connectivity index (χ3n) is 4.18. The summed E-state index contributed by atoms with van der Waals surface area (Å²) in [6.07, 6.45) is 8.47. The monoisotopic (exact) mass is 383 g/mol. The van der Waals surface area contributed by atoms with Gasteiger partial charge in [-0.25, -0.2) is 9.97 Å². The Kier molecular flexibility index (Phi) is 6.77. The molecule has 3 N–H and O–H groups in total. The minimum absolute atomic E-state index is 0.0986. The summed E-state index contributed by atoms with van der Waals surface area (Å²) in [5.74, 6) is -0.520. The largest absolute Gasteiger partial charge is 0.394 e. The van der Waals surface area contributed by atoms with Crippen molar-refractivity contribution in [2.24, 2.45) is 0 Å². The number of amides is 2. The highest BCUT2D eigenvalue weighted by Crippen LogP contribution is 2.16. The number of hydrogen-bond acceptors (Lipinski definition) is 7. The molecular weight excluding hydrogens is 362 g/mol. The van der Waals surface area contributed by atoms with Gasteiger partial charge in [0.1, 0.15) is 12.4 Å². The van der Waals surface area contributed by atoms with Crippen molar-refractivity contribution in [2.45, 2.75) is 31.2 Å². The molecular formula is C19H21N5O4. The van der Waals surface area contributed by atoms with Gasteiger partial charge < -0.3 is 20.5 Å². The van der Waals surface area contributed by atoms with Crippen LogP contribution in [0, 0.1) is 0 Å². The van der Waals surface area contributed by atoms with Crippen molar-refractivity contribution in [3.8, 4) is 0 Å². The van der Waals surface area contributed by atoms with Crippen LogP contribution in [0.4, 0.5) is 0 Å². The van der Waals surface area contributed by atoms with Crippen LogP contribution in [0.5, 0.6) is 0 Å². The first-order valence-electron chi connectivity index (χ1n) is 8.83. The molecule has 0 fully saturated rings. The predicted octanol–water partition coefficient (Wildman–Crippen LogP) is -0.00760. The summed E-state index contributed by atoms with van der Waals surface area (Å²) in [7, 11) is 0. The van der Waals surface area contributed by atoms with Crippen LogP contribution in [-0.4, -0.2) is 56.7 Å². The number of hydrogen-bond donors (Lipinski definition) is 3. The first kappa shape index (κ1) is 19.6. The molecule has 1 aliphatic heterocycles. The molecule has 0 saturated heterocycles. The van der Waals surface area contributed by atoms with E-state index in [4.69, 9.17) is 4.74 Å². The second kappa shape index (κ2) is 9.67. The van der Waals surface area contributed by atoms with Crippen LogP contribution < -0.4 is 10.6 Å². The summed E-state index contributed by atoms with van der Waals surface area (Å²) in [5, 5.41) is 15.2. The topological polar surface area (TPSA) is 126 Å². The van der Waals surface area contributed by atoms with Gasteiger partial charge in [0.25, 0.3) is 5.91 Å². The number of pyridine rings is 1. The molecule has 9 heteroatoms. The van der Waals surface area contributed by atoms with Gasteiger partial charge in [-0.2, -0.15) is 0 Å². The molecule has 0 aliphatic carbocycles. The van der Waals surface area contributed by atoms with E-state index >= 15 is 0 Å². The number of nitrogens with zero attached hydrogens (tertiary/aromatic N) is 3. The number of carbonyl (C=O) groups is 2. The Morgan fingerprint density at radius 2 is 2.07 bits per heavy atom. The van der Waals surface area contributed by atoms with E-state index < -0.39 is 18.2 Å². The molecule has 9 nitrogen and oxygen atoms in total. The third kappa shape index (κ3) is 5.41. The molecule has 2 amide bonds. The molecule has 2 aromatic rings. The maximum Gasteiger partial charge on any atom is 0.253 e. The van der Waals surface area contributed by atoms with Gasteiger partial charge in [-0.3, -0.25) is 14.6 Å². The summed E-state index contributed by atoms with van der Waals surface area (Å²) >= 11 is 0. The van der Waals surface area contributed by atoms with Gasteiger partial charge in [-0.1, -0.05) is 12.2 Å². The summed E-state index contributed by atoms with van der Waals surface area (Å²) in [6.45, 7) is 0.00634. The Balaban J connectivity index is 1.52. The van der Waals surface area contributed by atoms with Gasteiger partial charge in [0.15, 0.2) is 0 Å².